The van der Waals surface area contributed by atoms with Crippen LogP contribution in [0.1, 0.15) is 10.4 Å². The van der Waals surface area contributed by atoms with Crippen molar-refractivity contribution in [1.29, 1.82) is 0 Å². The molecule has 4 aromatic rings. The molecular formula is C20H16N4O4. The number of carbonyl (C=O) groups is 1. The van der Waals surface area contributed by atoms with Gasteiger partial charge in [-0.05, 0) is 36.4 Å². The van der Waals surface area contributed by atoms with E-state index in [1.807, 2.05) is 0 Å². The molecule has 0 fully saturated rings. The Hall–Kier alpha value is -3.94. The molecule has 0 aliphatic carbocycles. The minimum absolute atomic E-state index is 0.326. The molecule has 1 amide bonds. The number of ether oxygens (including phenoxy) is 2. The van der Waals surface area contributed by atoms with E-state index in [0.717, 1.165) is 0 Å². The lowest BCUT2D eigenvalue weighted by molar-refractivity contribution is 0.102. The van der Waals surface area contributed by atoms with Crippen LogP contribution >= 0.6 is 0 Å². The third kappa shape index (κ3) is 3.35. The van der Waals surface area contributed by atoms with E-state index in [2.05, 4.69) is 20.3 Å². The molecule has 0 spiro atoms. The number of nitrogens with one attached hydrogen (secondary N) is 1. The number of hydrogen-bond acceptors (Lipinski definition) is 7. The first-order chi connectivity index (χ1) is 13.7. The number of rotatable bonds is 5. The van der Waals surface area contributed by atoms with Gasteiger partial charge in [0, 0.05) is 12.3 Å². The van der Waals surface area contributed by atoms with Crippen molar-refractivity contribution in [3.63, 3.8) is 0 Å². The lowest BCUT2D eigenvalue weighted by Gasteiger charge is -2.10. The van der Waals surface area contributed by atoms with Gasteiger partial charge in [-0.15, -0.1) is 0 Å². The van der Waals surface area contributed by atoms with Gasteiger partial charge in [0.25, 0.3) is 5.91 Å². The Bertz CT molecular complexity index is 1120. The highest BCUT2D eigenvalue weighted by Gasteiger charge is 2.15. The van der Waals surface area contributed by atoms with Crippen molar-refractivity contribution >= 4 is 23.0 Å². The van der Waals surface area contributed by atoms with E-state index >= 15 is 0 Å². The molecule has 1 aromatic carbocycles. The number of anilines is 1. The maximum atomic E-state index is 12.7. The number of pyridine rings is 2. The number of hydrogen-bond donors (Lipinski definition) is 1. The molecule has 4 rings (SSSR count). The van der Waals surface area contributed by atoms with Gasteiger partial charge in [-0.3, -0.25) is 4.79 Å². The van der Waals surface area contributed by atoms with Crippen molar-refractivity contribution < 1.29 is 18.7 Å². The zero-order chi connectivity index (χ0) is 19.5. The molecule has 0 saturated heterocycles. The Morgan fingerprint density at radius 3 is 2.71 bits per heavy atom. The quantitative estimate of drug-likeness (QED) is 0.568. The Morgan fingerprint density at radius 2 is 1.93 bits per heavy atom. The number of nitrogens with zero attached hydrogens (tertiary/aromatic N) is 3. The summed E-state index contributed by atoms with van der Waals surface area (Å²) in [6.45, 7) is 0. The summed E-state index contributed by atoms with van der Waals surface area (Å²) < 4.78 is 16.1. The highest BCUT2D eigenvalue weighted by Crippen LogP contribution is 2.26. The number of methoxy groups -OCH3 is 2. The predicted octanol–water partition coefficient (Wildman–Crippen LogP) is 3.55. The first-order valence-electron chi connectivity index (χ1n) is 8.40. The van der Waals surface area contributed by atoms with E-state index in [9.17, 15) is 4.79 Å². The summed E-state index contributed by atoms with van der Waals surface area (Å²) in [4.78, 5) is 25.5. The van der Waals surface area contributed by atoms with Crippen LogP contribution in [-0.2, 0) is 0 Å². The van der Waals surface area contributed by atoms with Gasteiger partial charge in [-0.25, -0.2) is 9.97 Å². The Balaban J connectivity index is 1.61. The molecule has 3 heterocycles. The average Bonchev–Trinajstić information content (AvgIpc) is 3.17. The molecule has 0 aliphatic rings. The summed E-state index contributed by atoms with van der Waals surface area (Å²) in [5.41, 5.74) is 1.91. The van der Waals surface area contributed by atoms with Crippen molar-refractivity contribution in [3.8, 4) is 23.1 Å². The van der Waals surface area contributed by atoms with E-state index < -0.39 is 0 Å². The van der Waals surface area contributed by atoms with Gasteiger partial charge in [0.2, 0.25) is 5.89 Å². The molecular weight excluding hydrogens is 360 g/mol. The number of amides is 1. The smallest absolute Gasteiger partial charge is 0.260 e. The van der Waals surface area contributed by atoms with Gasteiger partial charge in [0.05, 0.1) is 19.8 Å². The predicted molar refractivity (Wildman–Crippen MR) is 103 cm³/mol. The second kappa shape index (κ2) is 7.36. The van der Waals surface area contributed by atoms with Crippen LogP contribution in [-0.4, -0.2) is 35.1 Å². The maximum absolute atomic E-state index is 12.7. The summed E-state index contributed by atoms with van der Waals surface area (Å²) in [5, 5.41) is 2.76. The molecule has 0 atom stereocenters. The Morgan fingerprint density at radius 1 is 1.04 bits per heavy atom. The van der Waals surface area contributed by atoms with E-state index in [1.54, 1.807) is 61.8 Å². The molecule has 140 valence electrons. The van der Waals surface area contributed by atoms with Gasteiger partial charge in [-0.1, -0.05) is 6.07 Å². The van der Waals surface area contributed by atoms with Crippen LogP contribution in [0, 0.1) is 0 Å². The second-order valence-electron chi connectivity index (χ2n) is 5.77. The zero-order valence-electron chi connectivity index (χ0n) is 15.2. The van der Waals surface area contributed by atoms with E-state index in [4.69, 9.17) is 13.9 Å². The fourth-order valence-electron chi connectivity index (χ4n) is 2.67. The normalized spacial score (nSPS) is 10.6. The number of benzene rings is 1. The van der Waals surface area contributed by atoms with Crippen molar-refractivity contribution in [3.05, 3.63) is 60.3 Å². The highest BCUT2D eigenvalue weighted by molar-refractivity contribution is 6.06. The lowest BCUT2D eigenvalue weighted by Crippen LogP contribution is -2.14. The first kappa shape index (κ1) is 17.5. The van der Waals surface area contributed by atoms with Crippen molar-refractivity contribution in [1.82, 2.24) is 15.0 Å². The molecule has 8 heteroatoms. The molecule has 0 bridgehead atoms. The summed E-state index contributed by atoms with van der Waals surface area (Å²) in [6, 6.07) is 13.7. The minimum Gasteiger partial charge on any atom is -0.497 e. The standard InChI is InChI=1S/C20H16N4O4/c1-26-12-8-9-13(16(11-12)27-2)19(25)23-17-7-3-5-14(22-17)20-24-18-15(28-20)6-4-10-21-18/h3-11H,1-2H3,(H,22,23,25). The molecule has 1 N–H and O–H groups in total. The molecule has 0 aliphatic heterocycles. The molecule has 8 nitrogen and oxygen atoms in total. The van der Waals surface area contributed by atoms with Crippen LogP contribution < -0.4 is 14.8 Å². The van der Waals surface area contributed by atoms with Gasteiger partial charge < -0.3 is 19.2 Å². The summed E-state index contributed by atoms with van der Waals surface area (Å²) in [6.07, 6.45) is 1.64. The van der Waals surface area contributed by atoms with Crippen LogP contribution in [0.3, 0.4) is 0 Å². The Labute approximate surface area is 160 Å². The molecule has 28 heavy (non-hydrogen) atoms. The Kier molecular flexibility index (Phi) is 4.59. The number of carbonyl (C=O) groups excluding carboxylic acids is 1. The van der Waals surface area contributed by atoms with Crippen LogP contribution in [0.5, 0.6) is 11.5 Å². The summed E-state index contributed by atoms with van der Waals surface area (Å²) in [5.74, 6) is 1.32. The fraction of sp³-hybridized carbons (Fsp3) is 0.100. The molecule has 0 radical (unpaired) electrons. The maximum Gasteiger partial charge on any atom is 0.260 e. The van der Waals surface area contributed by atoms with E-state index in [1.165, 1.54) is 7.11 Å². The van der Waals surface area contributed by atoms with E-state index in [-0.39, 0.29) is 5.91 Å². The SMILES string of the molecule is COc1ccc(C(=O)Nc2cccc(-c3nc4ncccc4o3)n2)c(OC)c1. The van der Waals surface area contributed by atoms with Crippen LogP contribution in [0.4, 0.5) is 5.82 Å². The second-order valence-corrected chi connectivity index (χ2v) is 5.77. The van der Waals surface area contributed by atoms with E-state index in [0.29, 0.717) is 45.7 Å². The molecule has 0 saturated carbocycles. The van der Waals surface area contributed by atoms with Crippen LogP contribution in [0.2, 0.25) is 0 Å². The van der Waals surface area contributed by atoms with Gasteiger partial charge in [0.15, 0.2) is 11.2 Å². The minimum atomic E-state index is -0.358. The third-order valence-corrected chi connectivity index (χ3v) is 4.03. The van der Waals surface area contributed by atoms with Gasteiger partial charge >= 0.3 is 0 Å². The number of oxazole rings is 1. The molecule has 0 unspecified atom stereocenters. The van der Waals surface area contributed by atoms with Crippen molar-refractivity contribution in [2.24, 2.45) is 0 Å². The van der Waals surface area contributed by atoms with Gasteiger partial charge in [-0.2, -0.15) is 4.98 Å². The number of aromatic nitrogens is 3. The highest BCUT2D eigenvalue weighted by atomic mass is 16.5. The molecule has 3 aromatic heterocycles. The zero-order valence-corrected chi connectivity index (χ0v) is 15.2. The van der Waals surface area contributed by atoms with Crippen LogP contribution in [0.25, 0.3) is 22.8 Å². The first-order valence-corrected chi connectivity index (χ1v) is 8.40. The topological polar surface area (TPSA) is 99.4 Å². The van der Waals surface area contributed by atoms with Crippen molar-refractivity contribution in [2.75, 3.05) is 19.5 Å². The van der Waals surface area contributed by atoms with Gasteiger partial charge in [0.1, 0.15) is 23.0 Å². The van der Waals surface area contributed by atoms with Crippen LogP contribution in [0.15, 0.2) is 59.1 Å². The summed E-state index contributed by atoms with van der Waals surface area (Å²) >= 11 is 0. The average molecular weight is 376 g/mol. The summed E-state index contributed by atoms with van der Waals surface area (Å²) in [7, 11) is 3.04. The lowest BCUT2D eigenvalue weighted by atomic mass is 10.1. The third-order valence-electron chi connectivity index (χ3n) is 4.03. The number of fused-ring (bicyclic) bond motifs is 1. The fourth-order valence-corrected chi connectivity index (χ4v) is 2.67. The monoisotopic (exact) mass is 376 g/mol. The largest absolute Gasteiger partial charge is 0.497 e. The van der Waals surface area contributed by atoms with Crippen molar-refractivity contribution in [2.45, 2.75) is 0 Å².